The van der Waals surface area contributed by atoms with E-state index in [2.05, 4.69) is 16.0 Å². The first kappa shape index (κ1) is 34.4. The van der Waals surface area contributed by atoms with Gasteiger partial charge in [-0.05, 0) is 55.5 Å². The molecule has 1 aliphatic heterocycles. The first-order valence-electron chi connectivity index (χ1n) is 14.8. The van der Waals surface area contributed by atoms with Gasteiger partial charge in [0.25, 0.3) is 5.91 Å². The average molecular weight is 651 g/mol. The van der Waals surface area contributed by atoms with Crippen LogP contribution >= 0.6 is 10.8 Å². The Morgan fingerprint density at radius 1 is 1.04 bits per heavy atom. The number of hydrogen-bond donors (Lipinski definition) is 6. The number of hydrogen-bond acceptors (Lipinski definition) is 8. The van der Waals surface area contributed by atoms with Gasteiger partial charge in [0.15, 0.2) is 5.75 Å². The van der Waals surface area contributed by atoms with E-state index >= 15 is 0 Å². The number of amides is 1. The van der Waals surface area contributed by atoms with Gasteiger partial charge in [-0.1, -0.05) is 48.5 Å². The number of aliphatic hydroxyl groups is 1. The third kappa shape index (κ3) is 9.04. The largest absolute Gasteiger partial charge is 0.494 e. The highest BCUT2D eigenvalue weighted by molar-refractivity contribution is 8.25. The number of anilines is 2. The summed E-state index contributed by atoms with van der Waals surface area (Å²) in [6.07, 6.45) is -3.89. The molecule has 0 spiro atoms. The van der Waals surface area contributed by atoms with Gasteiger partial charge in [-0.2, -0.15) is 13.2 Å². The highest BCUT2D eigenvalue weighted by Gasteiger charge is 2.33. The summed E-state index contributed by atoms with van der Waals surface area (Å²) < 4.78 is 68.3. The smallest absolute Gasteiger partial charge is 0.416 e. The van der Waals surface area contributed by atoms with Gasteiger partial charge in [0.1, 0.15) is 5.69 Å². The minimum absolute atomic E-state index is 0.0114. The Hall–Kier alpha value is -3.49. The fourth-order valence-electron chi connectivity index (χ4n) is 5.34. The summed E-state index contributed by atoms with van der Waals surface area (Å²) >= 11 is 0. The lowest BCUT2D eigenvalue weighted by Gasteiger charge is -2.47. The normalized spacial score (nSPS) is 16.8. The van der Waals surface area contributed by atoms with E-state index in [-0.39, 0.29) is 36.6 Å². The number of rotatable bonds is 13. The number of ether oxygens (including phenoxy) is 1. The van der Waals surface area contributed by atoms with E-state index in [4.69, 9.17) is 4.74 Å². The van der Waals surface area contributed by atoms with E-state index in [0.29, 0.717) is 36.4 Å². The van der Waals surface area contributed by atoms with E-state index in [9.17, 15) is 32.2 Å². The van der Waals surface area contributed by atoms with Crippen LogP contribution in [-0.4, -0.2) is 64.8 Å². The summed E-state index contributed by atoms with van der Waals surface area (Å²) in [5.41, 5.74) is 1.62. The number of alkyl halides is 3. The molecule has 3 aromatic rings. The Kier molecular flexibility index (Phi) is 11.6. The molecule has 0 unspecified atom stereocenters. The Morgan fingerprint density at radius 2 is 1.78 bits per heavy atom. The summed E-state index contributed by atoms with van der Waals surface area (Å²) in [6.45, 7) is 2.90. The van der Waals surface area contributed by atoms with Crippen LogP contribution in [0.15, 0.2) is 66.7 Å². The van der Waals surface area contributed by atoms with E-state index < -0.39 is 40.6 Å². The molecule has 9 nitrogen and oxygen atoms in total. The molecule has 6 N–H and O–H groups in total. The maximum absolute atomic E-state index is 13.9. The van der Waals surface area contributed by atoms with Crippen molar-refractivity contribution >= 4 is 28.1 Å². The van der Waals surface area contributed by atoms with Crippen LogP contribution in [0.4, 0.5) is 24.5 Å². The van der Waals surface area contributed by atoms with E-state index in [1.54, 1.807) is 18.2 Å². The van der Waals surface area contributed by atoms with E-state index in [0.717, 1.165) is 24.1 Å². The van der Waals surface area contributed by atoms with Gasteiger partial charge in [-0.25, -0.2) is 0 Å². The predicted octanol–water partition coefficient (Wildman–Crippen LogP) is 5.90. The number of carbonyl (C=O) groups is 1. The van der Waals surface area contributed by atoms with Gasteiger partial charge >= 0.3 is 6.18 Å². The third-order valence-electron chi connectivity index (χ3n) is 7.57. The van der Waals surface area contributed by atoms with Crippen molar-refractivity contribution in [2.45, 2.75) is 51.1 Å². The fraction of sp³-hybridized carbons (Fsp3) is 0.406. The highest BCUT2D eigenvalue weighted by atomic mass is 32.3. The molecule has 4 rings (SSSR count). The Balaban J connectivity index is 1.58. The van der Waals surface area contributed by atoms with Gasteiger partial charge in [-0.3, -0.25) is 18.2 Å². The van der Waals surface area contributed by atoms with Crippen molar-refractivity contribution in [1.29, 1.82) is 0 Å². The molecule has 0 radical (unpaired) electrons. The van der Waals surface area contributed by atoms with E-state index in [1.165, 1.54) is 17.5 Å². The minimum Gasteiger partial charge on any atom is -0.494 e. The first-order valence-corrected chi connectivity index (χ1v) is 16.5. The van der Waals surface area contributed by atoms with Crippen molar-refractivity contribution in [3.8, 4) is 5.75 Å². The second-order valence-electron chi connectivity index (χ2n) is 10.9. The standard InChI is InChI=1S/C32H41F3N4O5S/c1-3-37-25-18-26(30(44-2)28(19-25)39-14-7-8-15-45(39,42)43)31(41)38-27(17-22-10-5-4-6-11-22)29(40)21-36-20-23-12-9-13-24(16-23)32(33,34)35/h4-6,9-13,16,18-19,27,29,36-37,40,42-43H,3,7-8,14-15,17,20-21H2,1-2H3,(H,38,41)/t27-,29+/m0/s1. The predicted molar refractivity (Wildman–Crippen MR) is 172 cm³/mol. The van der Waals surface area contributed by atoms with Crippen LogP contribution < -0.4 is 25.0 Å². The van der Waals surface area contributed by atoms with Gasteiger partial charge < -0.3 is 25.8 Å². The van der Waals surface area contributed by atoms with Crippen LogP contribution in [0.25, 0.3) is 0 Å². The Labute approximate surface area is 263 Å². The zero-order valence-electron chi connectivity index (χ0n) is 25.3. The lowest BCUT2D eigenvalue weighted by molar-refractivity contribution is -0.137. The molecule has 45 heavy (non-hydrogen) atoms. The maximum atomic E-state index is 13.9. The molecule has 246 valence electrons. The molecular formula is C32H41F3N4O5S. The molecule has 1 heterocycles. The first-order chi connectivity index (χ1) is 21.4. The SMILES string of the molecule is CCNc1cc(C(=O)N[C@@H](Cc2ccccc2)[C@H](O)CNCc2cccc(C(F)(F)F)c2)c(OC)c(N2CCCCS2(O)O)c1. The molecule has 1 saturated heterocycles. The van der Waals surface area contributed by atoms with Gasteiger partial charge in [0.2, 0.25) is 0 Å². The summed E-state index contributed by atoms with van der Waals surface area (Å²) in [5.74, 6) is -0.159. The Morgan fingerprint density at radius 3 is 2.44 bits per heavy atom. The van der Waals surface area contributed by atoms with Crippen molar-refractivity contribution in [2.24, 2.45) is 0 Å². The Bertz CT molecular complexity index is 1430. The van der Waals surface area contributed by atoms with Crippen LogP contribution in [0.1, 0.15) is 46.8 Å². The molecule has 3 aromatic carbocycles. The second-order valence-corrected chi connectivity index (χ2v) is 13.0. The molecule has 2 atom stereocenters. The minimum atomic E-state index is -4.46. The number of halogens is 3. The van der Waals surface area contributed by atoms with Crippen LogP contribution in [0.2, 0.25) is 0 Å². The summed E-state index contributed by atoms with van der Waals surface area (Å²) in [7, 11) is -1.71. The summed E-state index contributed by atoms with van der Waals surface area (Å²) in [4.78, 5) is 13.9. The summed E-state index contributed by atoms with van der Waals surface area (Å²) in [5, 5.41) is 20.4. The number of nitrogens with zero attached hydrogens (tertiary/aromatic N) is 1. The zero-order valence-corrected chi connectivity index (χ0v) is 26.1. The zero-order chi connectivity index (χ0) is 32.6. The molecule has 13 heteroatoms. The van der Waals surface area contributed by atoms with Crippen LogP contribution in [-0.2, 0) is 19.1 Å². The van der Waals surface area contributed by atoms with Gasteiger partial charge in [0, 0.05) is 31.9 Å². The number of nitrogens with one attached hydrogen (secondary N) is 3. The number of carbonyl (C=O) groups excluding carboxylic acids is 1. The number of benzene rings is 3. The lowest BCUT2D eigenvalue weighted by Crippen LogP contribution is -2.48. The van der Waals surface area contributed by atoms with Gasteiger partial charge in [0.05, 0.1) is 36.1 Å². The molecule has 0 bridgehead atoms. The quantitative estimate of drug-likeness (QED) is 0.135. The van der Waals surface area contributed by atoms with Crippen LogP contribution in [0.5, 0.6) is 5.75 Å². The molecule has 0 saturated carbocycles. The molecule has 1 amide bonds. The highest BCUT2D eigenvalue weighted by Crippen LogP contribution is 2.53. The molecular weight excluding hydrogens is 609 g/mol. The average Bonchev–Trinajstić information content (AvgIpc) is 3.00. The number of aliphatic hydroxyl groups excluding tert-OH is 1. The van der Waals surface area contributed by atoms with Crippen molar-refractivity contribution in [1.82, 2.24) is 10.6 Å². The van der Waals surface area contributed by atoms with Crippen LogP contribution in [0.3, 0.4) is 0 Å². The van der Waals surface area contributed by atoms with Gasteiger partial charge in [-0.15, -0.1) is 10.8 Å². The molecule has 1 aliphatic rings. The third-order valence-corrected chi connectivity index (χ3v) is 9.49. The monoisotopic (exact) mass is 650 g/mol. The molecule has 0 aromatic heterocycles. The summed E-state index contributed by atoms with van der Waals surface area (Å²) in [6, 6.07) is 16.8. The van der Waals surface area contributed by atoms with E-state index in [1.807, 2.05) is 37.3 Å². The number of methoxy groups -OCH3 is 1. The van der Waals surface area contributed by atoms with Crippen molar-refractivity contribution in [3.05, 3.63) is 89.0 Å². The second kappa shape index (κ2) is 15.2. The van der Waals surface area contributed by atoms with Crippen molar-refractivity contribution in [2.75, 3.05) is 42.1 Å². The van der Waals surface area contributed by atoms with Crippen LogP contribution in [0, 0.1) is 0 Å². The fourth-order valence-corrected chi connectivity index (χ4v) is 7.02. The van der Waals surface area contributed by atoms with Crippen molar-refractivity contribution < 1.29 is 36.9 Å². The van der Waals surface area contributed by atoms with Crippen molar-refractivity contribution in [3.63, 3.8) is 0 Å². The lowest BCUT2D eigenvalue weighted by atomic mass is 10.00. The maximum Gasteiger partial charge on any atom is 0.416 e. The molecule has 1 fully saturated rings. The molecule has 0 aliphatic carbocycles. The topological polar surface area (TPSA) is 126 Å².